The Morgan fingerprint density at radius 1 is 1.39 bits per heavy atom. The van der Waals surface area contributed by atoms with Crippen molar-refractivity contribution in [1.29, 1.82) is 0 Å². The number of hydrogen-bond donors (Lipinski definition) is 1. The van der Waals surface area contributed by atoms with Crippen molar-refractivity contribution in [2.75, 3.05) is 6.54 Å². The van der Waals surface area contributed by atoms with Crippen LogP contribution in [0.4, 0.5) is 13.2 Å². The normalized spacial score (nSPS) is 13.8. The van der Waals surface area contributed by atoms with Crippen LogP contribution in [-0.2, 0) is 6.42 Å². The highest BCUT2D eigenvalue weighted by Crippen LogP contribution is 2.23. The van der Waals surface area contributed by atoms with E-state index in [1.807, 2.05) is 13.0 Å². The van der Waals surface area contributed by atoms with Gasteiger partial charge in [0.25, 0.3) is 0 Å². The molecule has 1 nitrogen and oxygen atoms in total. The molecule has 1 heterocycles. The molecule has 104 valence electrons. The van der Waals surface area contributed by atoms with Crippen LogP contribution in [-0.4, -0.2) is 18.8 Å². The molecule has 0 spiro atoms. The van der Waals surface area contributed by atoms with Crippen LogP contribution in [0.25, 0.3) is 0 Å². The highest BCUT2D eigenvalue weighted by atomic mass is 79.9. The molecule has 0 saturated heterocycles. The Balaban J connectivity index is 2.08. The average molecular weight is 344 g/mol. The molecular weight excluding hydrogens is 327 g/mol. The first-order chi connectivity index (χ1) is 8.37. The highest BCUT2D eigenvalue weighted by molar-refractivity contribution is 9.11. The Bertz CT molecular complexity index is 351. The highest BCUT2D eigenvalue weighted by Gasteiger charge is 2.26. The monoisotopic (exact) mass is 343 g/mol. The maximum Gasteiger partial charge on any atom is 0.389 e. The fourth-order valence-corrected chi connectivity index (χ4v) is 3.12. The second-order valence-electron chi connectivity index (χ2n) is 4.32. The lowest BCUT2D eigenvalue weighted by Gasteiger charge is -2.14. The molecule has 1 rings (SSSR count). The maximum absolute atomic E-state index is 12.0. The molecule has 0 fully saturated rings. The van der Waals surface area contributed by atoms with Gasteiger partial charge in [-0.05, 0) is 54.2 Å². The predicted molar refractivity (Wildman–Crippen MR) is 73.1 cm³/mol. The lowest BCUT2D eigenvalue weighted by atomic mass is 10.1. The van der Waals surface area contributed by atoms with Gasteiger partial charge >= 0.3 is 6.18 Å². The Morgan fingerprint density at radius 2 is 2.11 bits per heavy atom. The van der Waals surface area contributed by atoms with E-state index in [-0.39, 0.29) is 12.5 Å². The molecule has 1 N–H and O–H groups in total. The number of rotatable bonds is 7. The minimum absolute atomic E-state index is 0.135. The first-order valence-corrected chi connectivity index (χ1v) is 7.52. The summed E-state index contributed by atoms with van der Waals surface area (Å²) in [5.74, 6) is 0. The summed E-state index contributed by atoms with van der Waals surface area (Å²) in [6, 6.07) is 4.20. The van der Waals surface area contributed by atoms with Crippen LogP contribution in [0, 0.1) is 0 Å². The lowest BCUT2D eigenvalue weighted by Crippen LogP contribution is -2.28. The van der Waals surface area contributed by atoms with Gasteiger partial charge in [0.1, 0.15) is 0 Å². The third-order valence-corrected chi connectivity index (χ3v) is 4.27. The van der Waals surface area contributed by atoms with Crippen molar-refractivity contribution in [2.45, 2.75) is 44.8 Å². The smallest absolute Gasteiger partial charge is 0.314 e. The molecule has 1 aromatic heterocycles. The van der Waals surface area contributed by atoms with Gasteiger partial charge in [-0.1, -0.05) is 0 Å². The van der Waals surface area contributed by atoms with Crippen LogP contribution >= 0.6 is 27.3 Å². The Kier molecular flexibility index (Phi) is 6.66. The van der Waals surface area contributed by atoms with E-state index in [9.17, 15) is 13.2 Å². The van der Waals surface area contributed by atoms with Crippen molar-refractivity contribution in [3.8, 4) is 0 Å². The third-order valence-electron chi connectivity index (χ3n) is 2.59. The molecule has 0 bridgehead atoms. The molecule has 1 atom stereocenters. The zero-order valence-electron chi connectivity index (χ0n) is 10.2. The van der Waals surface area contributed by atoms with Gasteiger partial charge < -0.3 is 5.32 Å². The summed E-state index contributed by atoms with van der Waals surface area (Å²) >= 11 is 5.09. The van der Waals surface area contributed by atoms with Gasteiger partial charge in [-0.2, -0.15) is 13.2 Å². The summed E-state index contributed by atoms with van der Waals surface area (Å²) in [7, 11) is 0. The van der Waals surface area contributed by atoms with Crippen LogP contribution in [0.15, 0.2) is 15.9 Å². The third kappa shape index (κ3) is 7.38. The summed E-state index contributed by atoms with van der Waals surface area (Å²) in [5.41, 5.74) is 0. The average Bonchev–Trinajstić information content (AvgIpc) is 2.62. The van der Waals surface area contributed by atoms with Crippen molar-refractivity contribution in [1.82, 2.24) is 5.32 Å². The standard InChI is InChI=1S/C12H17BrF3NS/c1-9(3-2-7-12(14,15)16)17-8-6-10-4-5-11(13)18-10/h4-5,9,17H,2-3,6-8H2,1H3. The molecule has 0 aliphatic rings. The molecule has 0 radical (unpaired) electrons. The SMILES string of the molecule is CC(CCCC(F)(F)F)NCCc1ccc(Br)s1. The Morgan fingerprint density at radius 3 is 2.67 bits per heavy atom. The molecular formula is C12H17BrF3NS. The molecule has 0 amide bonds. The van der Waals surface area contributed by atoms with E-state index in [0.717, 1.165) is 16.8 Å². The second kappa shape index (κ2) is 7.50. The second-order valence-corrected chi connectivity index (χ2v) is 6.87. The van der Waals surface area contributed by atoms with Gasteiger partial charge in [-0.25, -0.2) is 0 Å². The van der Waals surface area contributed by atoms with Gasteiger partial charge in [0.2, 0.25) is 0 Å². The van der Waals surface area contributed by atoms with Crippen molar-refractivity contribution in [2.24, 2.45) is 0 Å². The number of nitrogens with one attached hydrogen (secondary N) is 1. The van der Waals surface area contributed by atoms with E-state index in [4.69, 9.17) is 0 Å². The Labute approximate surface area is 118 Å². The zero-order chi connectivity index (χ0) is 13.6. The lowest BCUT2D eigenvalue weighted by molar-refractivity contribution is -0.135. The van der Waals surface area contributed by atoms with Crippen LogP contribution in [0.3, 0.4) is 0 Å². The van der Waals surface area contributed by atoms with E-state index in [0.29, 0.717) is 6.42 Å². The van der Waals surface area contributed by atoms with Crippen molar-refractivity contribution in [3.63, 3.8) is 0 Å². The predicted octanol–water partition coefficient (Wildman–Crippen LogP) is 4.76. The quantitative estimate of drug-likeness (QED) is 0.752. The number of thiophene rings is 1. The van der Waals surface area contributed by atoms with E-state index in [1.165, 1.54) is 4.88 Å². The van der Waals surface area contributed by atoms with E-state index in [2.05, 4.69) is 27.3 Å². The van der Waals surface area contributed by atoms with Crippen LogP contribution < -0.4 is 5.32 Å². The largest absolute Gasteiger partial charge is 0.389 e. The molecule has 0 aromatic carbocycles. The summed E-state index contributed by atoms with van der Waals surface area (Å²) in [4.78, 5) is 1.27. The first kappa shape index (κ1) is 16.0. The first-order valence-electron chi connectivity index (χ1n) is 5.91. The van der Waals surface area contributed by atoms with E-state index in [1.54, 1.807) is 11.3 Å². The topological polar surface area (TPSA) is 12.0 Å². The number of alkyl halides is 3. The van der Waals surface area contributed by atoms with E-state index < -0.39 is 12.6 Å². The van der Waals surface area contributed by atoms with E-state index >= 15 is 0 Å². The van der Waals surface area contributed by atoms with Gasteiger partial charge in [0, 0.05) is 23.9 Å². The summed E-state index contributed by atoms with van der Waals surface area (Å²) in [6.07, 6.45) is -3.03. The number of halogens is 4. The molecule has 0 saturated carbocycles. The van der Waals surface area contributed by atoms with Crippen LogP contribution in [0.1, 0.15) is 31.1 Å². The molecule has 1 unspecified atom stereocenters. The van der Waals surface area contributed by atoms with Crippen molar-refractivity contribution >= 4 is 27.3 Å². The Hall–Kier alpha value is -0.0700. The molecule has 18 heavy (non-hydrogen) atoms. The molecule has 0 aliphatic carbocycles. The fourth-order valence-electron chi connectivity index (χ4n) is 1.64. The van der Waals surface area contributed by atoms with Gasteiger partial charge in [0.05, 0.1) is 3.79 Å². The summed E-state index contributed by atoms with van der Waals surface area (Å²) in [5, 5.41) is 3.25. The van der Waals surface area contributed by atoms with Gasteiger partial charge in [-0.3, -0.25) is 0 Å². The van der Waals surface area contributed by atoms with Crippen LogP contribution in [0.5, 0.6) is 0 Å². The fraction of sp³-hybridized carbons (Fsp3) is 0.667. The molecule has 0 aliphatic heterocycles. The van der Waals surface area contributed by atoms with Gasteiger partial charge in [-0.15, -0.1) is 11.3 Å². The van der Waals surface area contributed by atoms with Gasteiger partial charge in [0.15, 0.2) is 0 Å². The zero-order valence-corrected chi connectivity index (χ0v) is 12.6. The maximum atomic E-state index is 12.0. The summed E-state index contributed by atoms with van der Waals surface area (Å²) in [6.45, 7) is 2.74. The minimum atomic E-state index is -4.02. The van der Waals surface area contributed by atoms with Crippen molar-refractivity contribution < 1.29 is 13.2 Å². The molecule has 1 aromatic rings. The van der Waals surface area contributed by atoms with Crippen molar-refractivity contribution in [3.05, 3.63) is 20.8 Å². The summed E-state index contributed by atoms with van der Waals surface area (Å²) < 4.78 is 37.0. The molecule has 6 heteroatoms. The minimum Gasteiger partial charge on any atom is -0.314 e. The van der Waals surface area contributed by atoms with Crippen LogP contribution in [0.2, 0.25) is 0 Å². The number of hydrogen-bond acceptors (Lipinski definition) is 2.